The van der Waals surface area contributed by atoms with Crippen LogP contribution in [0.4, 0.5) is 0 Å². The number of rotatable bonds is 3. The second-order valence-corrected chi connectivity index (χ2v) is 5.44. The maximum atomic E-state index is 5.56. The Balaban J connectivity index is 1.76. The lowest BCUT2D eigenvalue weighted by atomic mass is 9.95. The van der Waals surface area contributed by atoms with Crippen LogP contribution in [0, 0.1) is 5.92 Å². The fraction of sp³-hybridized carbons (Fsp3) is 1.00. The smallest absolute Gasteiger partial charge is 0.0506 e. The molecule has 3 unspecified atom stereocenters. The van der Waals surface area contributed by atoms with Gasteiger partial charge in [0.25, 0.3) is 0 Å². The molecule has 0 aliphatic carbocycles. The monoisotopic (exact) mass is 226 g/mol. The molecule has 2 rings (SSSR count). The Hall–Kier alpha value is -0.120. The summed E-state index contributed by atoms with van der Waals surface area (Å²) in [6.07, 6.45) is 5.21. The van der Waals surface area contributed by atoms with E-state index in [-0.39, 0.29) is 0 Å². The van der Waals surface area contributed by atoms with Crippen LogP contribution in [0.5, 0.6) is 0 Å². The minimum Gasteiger partial charge on any atom is -0.381 e. The fourth-order valence-corrected chi connectivity index (χ4v) is 3.04. The maximum Gasteiger partial charge on any atom is 0.0506 e. The maximum absolute atomic E-state index is 5.56. The van der Waals surface area contributed by atoms with Gasteiger partial charge in [0.15, 0.2) is 0 Å². The zero-order valence-corrected chi connectivity index (χ0v) is 10.7. The lowest BCUT2D eigenvalue weighted by Gasteiger charge is -2.40. The highest BCUT2D eigenvalue weighted by Gasteiger charge is 2.26. The van der Waals surface area contributed by atoms with Crippen molar-refractivity contribution in [2.24, 2.45) is 5.92 Å². The molecule has 3 heteroatoms. The SMILES string of the molecule is CNC1CCN(CC2CCCOC2)C(C)C1. The van der Waals surface area contributed by atoms with Gasteiger partial charge in [-0.2, -0.15) is 0 Å². The van der Waals surface area contributed by atoms with E-state index in [1.165, 1.54) is 38.8 Å². The number of likely N-dealkylation sites (tertiary alicyclic amines) is 1. The van der Waals surface area contributed by atoms with E-state index >= 15 is 0 Å². The molecule has 94 valence electrons. The van der Waals surface area contributed by atoms with Crippen LogP contribution in [0.15, 0.2) is 0 Å². The van der Waals surface area contributed by atoms with Gasteiger partial charge in [-0.3, -0.25) is 0 Å². The summed E-state index contributed by atoms with van der Waals surface area (Å²) in [7, 11) is 2.09. The van der Waals surface area contributed by atoms with Crippen LogP contribution < -0.4 is 5.32 Å². The van der Waals surface area contributed by atoms with Crippen molar-refractivity contribution >= 4 is 0 Å². The van der Waals surface area contributed by atoms with Gasteiger partial charge in [0.2, 0.25) is 0 Å². The highest BCUT2D eigenvalue weighted by atomic mass is 16.5. The van der Waals surface area contributed by atoms with Gasteiger partial charge >= 0.3 is 0 Å². The summed E-state index contributed by atoms with van der Waals surface area (Å²) in [4.78, 5) is 2.66. The Morgan fingerprint density at radius 1 is 1.38 bits per heavy atom. The van der Waals surface area contributed by atoms with Crippen molar-refractivity contribution in [2.45, 2.75) is 44.7 Å². The highest BCUT2D eigenvalue weighted by molar-refractivity contribution is 4.83. The Kier molecular flexibility index (Phi) is 4.62. The van der Waals surface area contributed by atoms with E-state index in [1.807, 2.05) is 0 Å². The van der Waals surface area contributed by atoms with Gasteiger partial charge in [-0.1, -0.05) is 0 Å². The van der Waals surface area contributed by atoms with Crippen LogP contribution in [0.3, 0.4) is 0 Å². The van der Waals surface area contributed by atoms with Crippen LogP contribution in [0.25, 0.3) is 0 Å². The van der Waals surface area contributed by atoms with Gasteiger partial charge in [0, 0.05) is 25.2 Å². The molecule has 3 nitrogen and oxygen atoms in total. The highest BCUT2D eigenvalue weighted by Crippen LogP contribution is 2.21. The van der Waals surface area contributed by atoms with Gasteiger partial charge in [-0.05, 0) is 52.1 Å². The van der Waals surface area contributed by atoms with Gasteiger partial charge in [-0.25, -0.2) is 0 Å². The largest absolute Gasteiger partial charge is 0.381 e. The molecule has 0 amide bonds. The molecule has 2 saturated heterocycles. The molecule has 0 radical (unpaired) electrons. The molecule has 2 heterocycles. The lowest BCUT2D eigenvalue weighted by Crippen LogP contribution is -2.48. The number of hydrogen-bond donors (Lipinski definition) is 1. The van der Waals surface area contributed by atoms with E-state index in [0.717, 1.165) is 31.2 Å². The number of ether oxygens (including phenoxy) is 1. The molecule has 1 N–H and O–H groups in total. The van der Waals surface area contributed by atoms with Crippen molar-refractivity contribution in [1.82, 2.24) is 10.2 Å². The zero-order valence-electron chi connectivity index (χ0n) is 10.7. The van der Waals surface area contributed by atoms with Gasteiger partial charge in [0.1, 0.15) is 0 Å². The third-order valence-corrected chi connectivity index (χ3v) is 4.17. The predicted octanol–water partition coefficient (Wildman–Crippen LogP) is 1.49. The predicted molar refractivity (Wildman–Crippen MR) is 66.7 cm³/mol. The summed E-state index contributed by atoms with van der Waals surface area (Å²) in [5, 5.41) is 3.41. The summed E-state index contributed by atoms with van der Waals surface area (Å²) in [6, 6.07) is 1.46. The van der Waals surface area contributed by atoms with Crippen molar-refractivity contribution < 1.29 is 4.74 Å². The third kappa shape index (κ3) is 3.19. The first kappa shape index (κ1) is 12.3. The molecule has 0 aromatic rings. The second kappa shape index (κ2) is 5.99. The summed E-state index contributed by atoms with van der Waals surface area (Å²) < 4.78 is 5.56. The Labute approximate surface area is 99.5 Å². The van der Waals surface area contributed by atoms with E-state index in [0.29, 0.717) is 0 Å². The first-order valence-electron chi connectivity index (χ1n) is 6.78. The van der Waals surface area contributed by atoms with Crippen LogP contribution >= 0.6 is 0 Å². The minimum atomic E-state index is 0.730. The molecule has 16 heavy (non-hydrogen) atoms. The second-order valence-electron chi connectivity index (χ2n) is 5.44. The summed E-state index contributed by atoms with van der Waals surface area (Å²) in [5.41, 5.74) is 0. The van der Waals surface area contributed by atoms with Crippen LogP contribution in [-0.2, 0) is 4.74 Å². The number of piperidine rings is 1. The van der Waals surface area contributed by atoms with E-state index in [2.05, 4.69) is 24.2 Å². The summed E-state index contributed by atoms with van der Waals surface area (Å²) >= 11 is 0. The molecule has 0 spiro atoms. The number of nitrogens with zero attached hydrogens (tertiary/aromatic N) is 1. The molecule has 3 atom stereocenters. The third-order valence-electron chi connectivity index (χ3n) is 4.17. The molecule has 2 aliphatic rings. The lowest BCUT2D eigenvalue weighted by molar-refractivity contribution is 0.0239. The molecule has 0 aromatic heterocycles. The molecule has 0 bridgehead atoms. The number of nitrogens with one attached hydrogen (secondary N) is 1. The molecule has 2 fully saturated rings. The van der Waals surface area contributed by atoms with Gasteiger partial charge < -0.3 is 15.0 Å². The minimum absolute atomic E-state index is 0.730. The molecule has 0 aromatic carbocycles. The number of hydrogen-bond acceptors (Lipinski definition) is 3. The first-order chi connectivity index (χ1) is 7.79. The van der Waals surface area contributed by atoms with Crippen molar-refractivity contribution in [3.05, 3.63) is 0 Å². The van der Waals surface area contributed by atoms with Crippen LogP contribution in [-0.4, -0.2) is 50.3 Å². The van der Waals surface area contributed by atoms with E-state index in [4.69, 9.17) is 4.74 Å². The van der Waals surface area contributed by atoms with Crippen LogP contribution in [0.2, 0.25) is 0 Å². The Morgan fingerprint density at radius 2 is 2.25 bits per heavy atom. The van der Waals surface area contributed by atoms with Crippen molar-refractivity contribution in [1.29, 1.82) is 0 Å². The average Bonchev–Trinajstić information content (AvgIpc) is 2.33. The Bertz CT molecular complexity index is 204. The van der Waals surface area contributed by atoms with Gasteiger partial charge in [-0.15, -0.1) is 0 Å². The standard InChI is InChI=1S/C13H26N2O/c1-11-8-13(14-2)5-6-15(11)9-12-4-3-7-16-10-12/h11-14H,3-10H2,1-2H3. The van der Waals surface area contributed by atoms with Crippen LogP contribution in [0.1, 0.15) is 32.6 Å². The normalized spacial score (nSPS) is 37.5. The molecular weight excluding hydrogens is 200 g/mol. The van der Waals surface area contributed by atoms with Crippen molar-refractivity contribution in [3.63, 3.8) is 0 Å². The molecule has 2 aliphatic heterocycles. The van der Waals surface area contributed by atoms with Gasteiger partial charge in [0.05, 0.1) is 6.61 Å². The van der Waals surface area contributed by atoms with E-state index < -0.39 is 0 Å². The Morgan fingerprint density at radius 3 is 2.88 bits per heavy atom. The summed E-state index contributed by atoms with van der Waals surface area (Å²) in [5.74, 6) is 0.780. The molecule has 0 saturated carbocycles. The molecular formula is C13H26N2O. The topological polar surface area (TPSA) is 24.5 Å². The fourth-order valence-electron chi connectivity index (χ4n) is 3.04. The average molecular weight is 226 g/mol. The zero-order chi connectivity index (χ0) is 11.4. The first-order valence-corrected chi connectivity index (χ1v) is 6.78. The quantitative estimate of drug-likeness (QED) is 0.789. The van der Waals surface area contributed by atoms with Crippen molar-refractivity contribution in [2.75, 3.05) is 33.4 Å². The summed E-state index contributed by atoms with van der Waals surface area (Å²) in [6.45, 7) is 6.83. The van der Waals surface area contributed by atoms with E-state index in [1.54, 1.807) is 0 Å². The van der Waals surface area contributed by atoms with Crippen molar-refractivity contribution in [3.8, 4) is 0 Å². The van der Waals surface area contributed by atoms with E-state index in [9.17, 15) is 0 Å².